The van der Waals surface area contributed by atoms with Crippen molar-refractivity contribution in [2.75, 3.05) is 26.0 Å². The highest BCUT2D eigenvalue weighted by molar-refractivity contribution is 7.98. The molecule has 0 bridgehead atoms. The molecule has 4 aromatic rings. The Morgan fingerprint density at radius 3 is 2.67 bits per heavy atom. The summed E-state index contributed by atoms with van der Waals surface area (Å²) in [5.41, 5.74) is 5.12. The minimum Gasteiger partial charge on any atom is -0.444 e. The van der Waals surface area contributed by atoms with E-state index in [1.807, 2.05) is 70.3 Å². The number of aryl methyl sites for hydroxylation is 2. The molecular weight excluding hydrogens is 550 g/mol. The largest absolute Gasteiger partial charge is 0.444 e. The zero-order valence-electron chi connectivity index (χ0n) is 25.0. The predicted octanol–water partition coefficient (Wildman–Crippen LogP) is 5.75. The molecule has 4 heterocycles. The Hall–Kier alpha value is -3.76. The van der Waals surface area contributed by atoms with Crippen LogP contribution in [0.3, 0.4) is 0 Å². The van der Waals surface area contributed by atoms with E-state index in [4.69, 9.17) is 14.5 Å². The highest BCUT2D eigenvalue weighted by Crippen LogP contribution is 2.29. The molecule has 3 aromatic heterocycles. The monoisotopic (exact) mass is 587 g/mol. The third-order valence-corrected chi connectivity index (χ3v) is 7.69. The summed E-state index contributed by atoms with van der Waals surface area (Å²) in [4.78, 5) is 42.5. The van der Waals surface area contributed by atoms with E-state index in [9.17, 15) is 9.59 Å². The number of carbonyl (C=O) groups is 1. The van der Waals surface area contributed by atoms with Gasteiger partial charge in [-0.1, -0.05) is 36.9 Å². The molecule has 5 rings (SSSR count). The van der Waals surface area contributed by atoms with Crippen LogP contribution in [0, 0.1) is 6.92 Å². The molecule has 10 heteroatoms. The normalized spacial score (nSPS) is 15.7. The first-order chi connectivity index (χ1) is 20.1. The number of pyridine rings is 2. The molecule has 0 saturated carbocycles. The number of hydrogen-bond donors (Lipinski definition) is 0. The zero-order chi connectivity index (χ0) is 30.0. The molecule has 1 aliphatic rings. The van der Waals surface area contributed by atoms with Crippen LogP contribution in [0.15, 0.2) is 58.6 Å². The maximum atomic E-state index is 14.3. The van der Waals surface area contributed by atoms with Crippen molar-refractivity contribution in [3.63, 3.8) is 0 Å². The van der Waals surface area contributed by atoms with Crippen molar-refractivity contribution in [1.29, 1.82) is 0 Å². The van der Waals surface area contributed by atoms with Crippen LogP contribution in [0.25, 0.3) is 33.4 Å². The lowest BCUT2D eigenvalue weighted by molar-refractivity contribution is -0.0472. The van der Waals surface area contributed by atoms with Crippen LogP contribution in [0.5, 0.6) is 0 Å². The summed E-state index contributed by atoms with van der Waals surface area (Å²) in [6, 6.07) is 14.0. The van der Waals surface area contributed by atoms with Gasteiger partial charge in [-0.25, -0.2) is 14.8 Å². The summed E-state index contributed by atoms with van der Waals surface area (Å²) >= 11 is 1.42. The number of aromatic nitrogens is 4. The van der Waals surface area contributed by atoms with Crippen molar-refractivity contribution < 1.29 is 14.3 Å². The number of hydrogen-bond acceptors (Lipinski definition) is 8. The van der Waals surface area contributed by atoms with Crippen LogP contribution in [-0.2, 0) is 22.4 Å². The number of amides is 1. The van der Waals surface area contributed by atoms with E-state index in [1.165, 1.54) is 11.8 Å². The van der Waals surface area contributed by atoms with E-state index < -0.39 is 11.7 Å². The molecule has 0 radical (unpaired) electrons. The average Bonchev–Trinajstić information content (AvgIpc) is 2.97. The lowest BCUT2D eigenvalue weighted by atomic mass is 9.95. The lowest BCUT2D eigenvalue weighted by Gasteiger charge is -2.34. The Kier molecular flexibility index (Phi) is 8.65. The second kappa shape index (κ2) is 12.2. The molecule has 1 saturated heterocycles. The van der Waals surface area contributed by atoms with E-state index in [-0.39, 0.29) is 18.2 Å². The fourth-order valence-electron chi connectivity index (χ4n) is 5.14. The smallest absolute Gasteiger partial charge is 0.410 e. The topological polar surface area (TPSA) is 99.4 Å². The van der Waals surface area contributed by atoms with E-state index in [0.717, 1.165) is 39.9 Å². The standard InChI is InChI=1S/C32H37N5O4S/c1-7-21-15-22(27-10-8-9-20(2)34-27)11-12-25(21)26-16-23-17-33-30(42-6)35-28(23)37(29(26)38)19-24-18-36(13-14-40-24)31(39)41-32(3,4)5/h8-12,15-17,24H,7,13-14,18-19H2,1-6H3/t24-/m1/s1. The molecule has 0 unspecified atom stereocenters. The first-order valence-corrected chi connectivity index (χ1v) is 15.4. The first-order valence-electron chi connectivity index (χ1n) is 14.2. The van der Waals surface area contributed by atoms with Crippen molar-refractivity contribution in [3.8, 4) is 22.4 Å². The Labute approximate surface area is 250 Å². The van der Waals surface area contributed by atoms with Gasteiger partial charge in [-0.15, -0.1) is 0 Å². The van der Waals surface area contributed by atoms with Crippen LogP contribution >= 0.6 is 11.8 Å². The summed E-state index contributed by atoms with van der Waals surface area (Å²) in [5, 5.41) is 1.33. The summed E-state index contributed by atoms with van der Waals surface area (Å²) < 4.78 is 13.3. The minimum atomic E-state index is -0.598. The van der Waals surface area contributed by atoms with Crippen molar-refractivity contribution in [3.05, 3.63) is 70.3 Å². The highest BCUT2D eigenvalue weighted by Gasteiger charge is 2.29. The van der Waals surface area contributed by atoms with Gasteiger partial charge in [0.25, 0.3) is 5.56 Å². The van der Waals surface area contributed by atoms with Gasteiger partial charge >= 0.3 is 6.09 Å². The molecule has 220 valence electrons. The Morgan fingerprint density at radius 2 is 1.95 bits per heavy atom. The molecule has 0 aliphatic carbocycles. The number of rotatable bonds is 6. The van der Waals surface area contributed by atoms with Crippen molar-refractivity contribution in [2.24, 2.45) is 0 Å². The first kappa shape index (κ1) is 29.7. The zero-order valence-corrected chi connectivity index (χ0v) is 25.8. The van der Waals surface area contributed by atoms with Gasteiger partial charge in [-0.05, 0) is 75.8 Å². The minimum absolute atomic E-state index is 0.164. The Balaban J connectivity index is 1.56. The van der Waals surface area contributed by atoms with Gasteiger partial charge in [0.1, 0.15) is 11.2 Å². The van der Waals surface area contributed by atoms with E-state index in [0.29, 0.717) is 36.1 Å². The Bertz CT molecular complexity index is 1680. The predicted molar refractivity (Wildman–Crippen MR) is 166 cm³/mol. The molecule has 1 amide bonds. The van der Waals surface area contributed by atoms with Crippen molar-refractivity contribution in [2.45, 2.75) is 64.4 Å². The molecule has 9 nitrogen and oxygen atoms in total. The molecule has 42 heavy (non-hydrogen) atoms. The van der Waals surface area contributed by atoms with Crippen molar-refractivity contribution >= 4 is 28.9 Å². The molecule has 1 aliphatic heterocycles. The number of morpholine rings is 1. The van der Waals surface area contributed by atoms with Crippen LogP contribution < -0.4 is 5.56 Å². The number of carbonyl (C=O) groups excluding carboxylic acids is 1. The lowest BCUT2D eigenvalue weighted by Crippen LogP contribution is -2.49. The van der Waals surface area contributed by atoms with Gasteiger partial charge in [-0.2, -0.15) is 0 Å². The fraction of sp³-hybridized carbons (Fsp3) is 0.406. The molecule has 1 aromatic carbocycles. The summed E-state index contributed by atoms with van der Waals surface area (Å²) in [7, 11) is 0. The van der Waals surface area contributed by atoms with Gasteiger partial charge in [0, 0.05) is 34.9 Å². The number of thioether (sulfide) groups is 1. The Morgan fingerprint density at radius 1 is 1.14 bits per heavy atom. The van der Waals surface area contributed by atoms with Gasteiger partial charge in [0.2, 0.25) is 0 Å². The molecule has 1 atom stereocenters. The highest BCUT2D eigenvalue weighted by atomic mass is 32.2. The van der Waals surface area contributed by atoms with E-state index in [1.54, 1.807) is 15.7 Å². The van der Waals surface area contributed by atoms with Crippen molar-refractivity contribution in [1.82, 2.24) is 24.4 Å². The summed E-state index contributed by atoms with van der Waals surface area (Å²) in [6.07, 6.45) is 3.61. The second-order valence-electron chi connectivity index (χ2n) is 11.4. The van der Waals surface area contributed by atoms with Gasteiger partial charge in [0.15, 0.2) is 5.16 Å². The van der Waals surface area contributed by atoms with Gasteiger partial charge in [-0.3, -0.25) is 14.3 Å². The maximum Gasteiger partial charge on any atom is 0.410 e. The van der Waals surface area contributed by atoms with Crippen LogP contribution in [-0.4, -0.2) is 68.2 Å². The van der Waals surface area contributed by atoms with Gasteiger partial charge in [0.05, 0.1) is 31.5 Å². The molecule has 1 fully saturated rings. The van der Waals surface area contributed by atoms with Crippen LogP contribution in [0.2, 0.25) is 0 Å². The summed E-state index contributed by atoms with van der Waals surface area (Å²) in [6.45, 7) is 10.9. The molecule has 0 N–H and O–H groups in total. The van der Waals surface area contributed by atoms with Crippen LogP contribution in [0.4, 0.5) is 4.79 Å². The number of nitrogens with zero attached hydrogens (tertiary/aromatic N) is 5. The van der Waals surface area contributed by atoms with Crippen LogP contribution in [0.1, 0.15) is 39.0 Å². The number of ether oxygens (including phenoxy) is 2. The van der Waals surface area contributed by atoms with Gasteiger partial charge < -0.3 is 14.4 Å². The number of fused-ring (bicyclic) bond motifs is 1. The third kappa shape index (κ3) is 6.50. The second-order valence-corrected chi connectivity index (χ2v) is 12.2. The molecular formula is C32H37N5O4S. The third-order valence-electron chi connectivity index (χ3n) is 7.12. The van der Waals surface area contributed by atoms with E-state index in [2.05, 4.69) is 23.0 Å². The SMILES string of the molecule is CCc1cc(-c2cccc(C)n2)ccc1-c1cc2cnc(SC)nc2n(C[C@H]2CN(C(=O)OC(C)(C)C)CCO2)c1=O. The average molecular weight is 588 g/mol. The fourth-order valence-corrected chi connectivity index (χ4v) is 5.48. The maximum absolute atomic E-state index is 14.3. The summed E-state index contributed by atoms with van der Waals surface area (Å²) in [5.74, 6) is 0. The van der Waals surface area contributed by atoms with E-state index >= 15 is 0 Å². The molecule has 0 spiro atoms. The quantitative estimate of drug-likeness (QED) is 0.208. The number of benzene rings is 1.